The van der Waals surface area contributed by atoms with Gasteiger partial charge in [0.2, 0.25) is 23.6 Å². The first-order valence-electron chi connectivity index (χ1n) is 6.79. The van der Waals surface area contributed by atoms with E-state index in [0.29, 0.717) is 0 Å². The van der Waals surface area contributed by atoms with Gasteiger partial charge in [-0.3, -0.25) is 19.2 Å². The maximum Gasteiger partial charge on any atom is 0.239 e. The zero-order valence-electron chi connectivity index (χ0n) is 12.7. The number of amides is 4. The zero-order chi connectivity index (χ0) is 16.5. The van der Waals surface area contributed by atoms with Crippen LogP contribution >= 0.6 is 0 Å². The van der Waals surface area contributed by atoms with E-state index in [0.717, 1.165) is 12.8 Å². The normalized spacial score (nSPS) is 10.6. The van der Waals surface area contributed by atoms with Crippen LogP contribution in [-0.4, -0.2) is 43.3 Å². The van der Waals surface area contributed by atoms with Gasteiger partial charge < -0.3 is 21.7 Å². The fourth-order valence-electron chi connectivity index (χ4n) is 1.63. The molecule has 21 heavy (non-hydrogen) atoms. The van der Waals surface area contributed by atoms with Gasteiger partial charge in [-0.1, -0.05) is 27.2 Å². The van der Waals surface area contributed by atoms with Crippen molar-refractivity contribution in [1.82, 2.24) is 16.0 Å². The summed E-state index contributed by atoms with van der Waals surface area (Å²) in [6.45, 7) is 4.83. The molecule has 0 saturated carbocycles. The largest absolute Gasteiger partial charge is 0.368 e. The van der Waals surface area contributed by atoms with Gasteiger partial charge >= 0.3 is 0 Å². The molecule has 4 amide bonds. The second-order valence-corrected chi connectivity index (χ2v) is 5.34. The summed E-state index contributed by atoms with van der Waals surface area (Å²) in [6, 6.07) is 0. The van der Waals surface area contributed by atoms with Crippen molar-refractivity contribution < 1.29 is 19.2 Å². The van der Waals surface area contributed by atoms with Gasteiger partial charge in [-0.05, 0) is 6.42 Å². The van der Waals surface area contributed by atoms with Crippen molar-refractivity contribution in [3.8, 4) is 0 Å². The SMILES string of the molecule is CCCC(C)(C)C(=O)NCC(=O)NCC(=O)NCC(N)=O. The molecule has 0 radical (unpaired) electrons. The van der Waals surface area contributed by atoms with E-state index in [-0.39, 0.29) is 25.5 Å². The molecule has 0 atom stereocenters. The van der Waals surface area contributed by atoms with Crippen LogP contribution in [-0.2, 0) is 19.2 Å². The Bertz CT molecular complexity index is 407. The van der Waals surface area contributed by atoms with E-state index in [2.05, 4.69) is 16.0 Å². The first-order chi connectivity index (χ1) is 9.69. The maximum absolute atomic E-state index is 11.9. The Hall–Kier alpha value is -2.12. The summed E-state index contributed by atoms with van der Waals surface area (Å²) in [4.78, 5) is 45.0. The van der Waals surface area contributed by atoms with Crippen molar-refractivity contribution in [3.63, 3.8) is 0 Å². The third-order valence-electron chi connectivity index (χ3n) is 2.81. The average molecular weight is 300 g/mol. The Labute approximate surface area is 124 Å². The van der Waals surface area contributed by atoms with Crippen LogP contribution in [0.3, 0.4) is 0 Å². The van der Waals surface area contributed by atoms with Gasteiger partial charge in [0.25, 0.3) is 0 Å². The van der Waals surface area contributed by atoms with Crippen molar-refractivity contribution in [1.29, 1.82) is 0 Å². The molecule has 0 rings (SSSR count). The van der Waals surface area contributed by atoms with E-state index in [9.17, 15) is 19.2 Å². The molecule has 0 aromatic rings. The molecule has 0 aromatic heterocycles. The Morgan fingerprint density at radius 3 is 1.86 bits per heavy atom. The fraction of sp³-hybridized carbons (Fsp3) is 0.692. The van der Waals surface area contributed by atoms with Crippen LogP contribution in [0.4, 0.5) is 0 Å². The van der Waals surface area contributed by atoms with Crippen molar-refractivity contribution in [2.24, 2.45) is 11.1 Å². The molecular weight excluding hydrogens is 276 g/mol. The van der Waals surface area contributed by atoms with Crippen molar-refractivity contribution in [2.75, 3.05) is 19.6 Å². The number of rotatable bonds is 9. The number of nitrogens with two attached hydrogens (primary N) is 1. The van der Waals surface area contributed by atoms with E-state index in [1.807, 2.05) is 6.92 Å². The first-order valence-corrected chi connectivity index (χ1v) is 6.79. The molecule has 0 unspecified atom stereocenters. The lowest BCUT2D eigenvalue weighted by Gasteiger charge is -2.22. The zero-order valence-corrected chi connectivity index (χ0v) is 12.7. The van der Waals surface area contributed by atoms with Crippen molar-refractivity contribution in [3.05, 3.63) is 0 Å². The summed E-state index contributed by atoms with van der Waals surface area (Å²) in [5.41, 5.74) is 4.32. The molecule has 8 heteroatoms. The van der Waals surface area contributed by atoms with Crippen LogP contribution in [0.25, 0.3) is 0 Å². The van der Waals surface area contributed by atoms with Gasteiger partial charge in [0.15, 0.2) is 0 Å². The molecule has 0 heterocycles. The standard InChI is InChI=1S/C13H24N4O4/c1-4-5-13(2,3)12(21)17-8-11(20)16-7-10(19)15-6-9(14)18/h4-8H2,1-3H3,(H2,14,18)(H,15,19)(H,16,20)(H,17,21). The van der Waals surface area contributed by atoms with Gasteiger partial charge in [0.05, 0.1) is 19.6 Å². The van der Waals surface area contributed by atoms with Crippen LogP contribution in [0.15, 0.2) is 0 Å². The monoisotopic (exact) mass is 300 g/mol. The highest BCUT2D eigenvalue weighted by Crippen LogP contribution is 2.21. The summed E-state index contributed by atoms with van der Waals surface area (Å²) < 4.78 is 0. The Morgan fingerprint density at radius 2 is 1.38 bits per heavy atom. The predicted molar refractivity (Wildman–Crippen MR) is 76.9 cm³/mol. The quantitative estimate of drug-likeness (QED) is 0.419. The topological polar surface area (TPSA) is 130 Å². The second-order valence-electron chi connectivity index (χ2n) is 5.34. The highest BCUT2D eigenvalue weighted by atomic mass is 16.2. The molecule has 0 saturated heterocycles. The third kappa shape index (κ3) is 8.61. The number of primary amides is 1. The molecule has 5 N–H and O–H groups in total. The van der Waals surface area contributed by atoms with E-state index >= 15 is 0 Å². The highest BCUT2D eigenvalue weighted by molar-refractivity contribution is 5.90. The molecule has 0 bridgehead atoms. The lowest BCUT2D eigenvalue weighted by atomic mass is 9.87. The second kappa shape index (κ2) is 8.93. The van der Waals surface area contributed by atoms with Crippen molar-refractivity contribution in [2.45, 2.75) is 33.6 Å². The number of carbonyl (C=O) groups is 4. The highest BCUT2D eigenvalue weighted by Gasteiger charge is 2.26. The number of nitrogens with one attached hydrogen (secondary N) is 3. The minimum atomic E-state index is -0.667. The Morgan fingerprint density at radius 1 is 0.905 bits per heavy atom. The van der Waals surface area contributed by atoms with Gasteiger partial charge in [0.1, 0.15) is 0 Å². The molecule has 120 valence electrons. The fourth-order valence-corrected chi connectivity index (χ4v) is 1.63. The van der Waals surface area contributed by atoms with Crippen molar-refractivity contribution >= 4 is 23.6 Å². The minimum absolute atomic E-state index is 0.199. The molecule has 0 aliphatic heterocycles. The average Bonchev–Trinajstić information content (AvgIpc) is 2.39. The van der Waals surface area contributed by atoms with Crippen LogP contribution in [0, 0.1) is 5.41 Å². The van der Waals surface area contributed by atoms with Crippen LogP contribution in [0.2, 0.25) is 0 Å². The smallest absolute Gasteiger partial charge is 0.239 e. The number of carbonyl (C=O) groups excluding carboxylic acids is 4. The Kier molecular flexibility index (Phi) is 8.03. The van der Waals surface area contributed by atoms with Crippen LogP contribution < -0.4 is 21.7 Å². The van der Waals surface area contributed by atoms with Gasteiger partial charge in [0, 0.05) is 5.41 Å². The summed E-state index contributed by atoms with van der Waals surface area (Å²) in [7, 11) is 0. The summed E-state index contributed by atoms with van der Waals surface area (Å²) >= 11 is 0. The Balaban J connectivity index is 3.98. The molecule has 0 aromatic carbocycles. The van der Waals surface area contributed by atoms with E-state index in [1.165, 1.54) is 0 Å². The first kappa shape index (κ1) is 18.9. The summed E-state index contributed by atoms with van der Waals surface area (Å²) in [5, 5.41) is 7.08. The van der Waals surface area contributed by atoms with Gasteiger partial charge in [-0.15, -0.1) is 0 Å². The molecule has 0 spiro atoms. The predicted octanol–water partition coefficient (Wildman–Crippen LogP) is -1.35. The van der Waals surface area contributed by atoms with E-state index in [1.54, 1.807) is 13.8 Å². The minimum Gasteiger partial charge on any atom is -0.368 e. The third-order valence-corrected chi connectivity index (χ3v) is 2.81. The molecule has 8 nitrogen and oxygen atoms in total. The molecule has 0 aliphatic carbocycles. The number of hydrogen-bond acceptors (Lipinski definition) is 4. The molecule has 0 aliphatic rings. The summed E-state index contributed by atoms with van der Waals surface area (Å²) in [5.74, 6) is -1.89. The maximum atomic E-state index is 11.9. The van der Waals surface area contributed by atoms with Crippen LogP contribution in [0.5, 0.6) is 0 Å². The van der Waals surface area contributed by atoms with E-state index < -0.39 is 23.1 Å². The van der Waals surface area contributed by atoms with Gasteiger partial charge in [-0.25, -0.2) is 0 Å². The lowest BCUT2D eigenvalue weighted by Crippen LogP contribution is -2.45. The summed E-state index contributed by atoms with van der Waals surface area (Å²) in [6.07, 6.45) is 1.59. The van der Waals surface area contributed by atoms with Gasteiger partial charge in [-0.2, -0.15) is 0 Å². The van der Waals surface area contributed by atoms with Crippen LogP contribution in [0.1, 0.15) is 33.6 Å². The molecule has 0 fully saturated rings. The molecular formula is C13H24N4O4. The van der Waals surface area contributed by atoms with E-state index in [4.69, 9.17) is 5.73 Å². The number of hydrogen-bond donors (Lipinski definition) is 4. The lowest BCUT2D eigenvalue weighted by molar-refractivity contribution is -0.132.